The molecule has 0 aliphatic rings. The van der Waals surface area contributed by atoms with E-state index in [1.807, 2.05) is 38.1 Å². The third-order valence-corrected chi connectivity index (χ3v) is 4.29. The number of ether oxygens (including phenoxy) is 1. The SMILES string of the molecule is CC(C)COc1ccc(CNC(=O)c2n[nH]c(C(C)C)c2Br)cc1. The molecule has 6 heteroatoms. The van der Waals surface area contributed by atoms with E-state index in [0.717, 1.165) is 21.5 Å². The quantitative estimate of drug-likeness (QED) is 0.738. The molecule has 0 saturated carbocycles. The highest BCUT2D eigenvalue weighted by Gasteiger charge is 2.18. The van der Waals surface area contributed by atoms with E-state index >= 15 is 0 Å². The lowest BCUT2D eigenvalue weighted by Crippen LogP contribution is -2.23. The number of carbonyl (C=O) groups excluding carboxylic acids is 1. The smallest absolute Gasteiger partial charge is 0.273 e. The molecule has 1 aromatic heterocycles. The third-order valence-electron chi connectivity index (χ3n) is 3.48. The number of hydrogen-bond donors (Lipinski definition) is 2. The van der Waals surface area contributed by atoms with Gasteiger partial charge < -0.3 is 10.1 Å². The fourth-order valence-corrected chi connectivity index (χ4v) is 2.92. The van der Waals surface area contributed by atoms with E-state index in [1.54, 1.807) is 0 Å². The third kappa shape index (κ3) is 4.84. The summed E-state index contributed by atoms with van der Waals surface area (Å²) in [6, 6.07) is 7.75. The van der Waals surface area contributed by atoms with Crippen LogP contribution in [0.4, 0.5) is 0 Å². The maximum absolute atomic E-state index is 12.3. The summed E-state index contributed by atoms with van der Waals surface area (Å²) >= 11 is 3.45. The predicted octanol–water partition coefficient (Wildman–Crippen LogP) is 4.26. The molecule has 0 aliphatic heterocycles. The molecule has 0 bridgehead atoms. The Bertz CT molecular complexity index is 678. The molecule has 2 N–H and O–H groups in total. The van der Waals surface area contributed by atoms with Gasteiger partial charge in [0.15, 0.2) is 5.69 Å². The van der Waals surface area contributed by atoms with Gasteiger partial charge in [0.2, 0.25) is 0 Å². The lowest BCUT2D eigenvalue weighted by Gasteiger charge is -2.09. The summed E-state index contributed by atoms with van der Waals surface area (Å²) in [5, 5.41) is 9.89. The van der Waals surface area contributed by atoms with E-state index in [2.05, 4.69) is 45.3 Å². The molecular formula is C18H24BrN3O2. The van der Waals surface area contributed by atoms with Crippen LogP contribution in [0.15, 0.2) is 28.7 Å². The van der Waals surface area contributed by atoms with Crippen LogP contribution in [0.1, 0.15) is 55.4 Å². The Morgan fingerprint density at radius 3 is 2.46 bits per heavy atom. The minimum absolute atomic E-state index is 0.204. The molecule has 0 aliphatic carbocycles. The van der Waals surface area contributed by atoms with Gasteiger partial charge in [-0.1, -0.05) is 39.8 Å². The van der Waals surface area contributed by atoms with Crippen LogP contribution in [0.2, 0.25) is 0 Å². The molecule has 1 amide bonds. The number of carbonyl (C=O) groups is 1. The number of aromatic nitrogens is 2. The molecule has 0 saturated heterocycles. The van der Waals surface area contributed by atoms with Crippen LogP contribution in [0, 0.1) is 5.92 Å². The maximum atomic E-state index is 12.3. The predicted molar refractivity (Wildman–Crippen MR) is 98.3 cm³/mol. The highest BCUT2D eigenvalue weighted by atomic mass is 79.9. The van der Waals surface area contributed by atoms with Crippen molar-refractivity contribution in [1.29, 1.82) is 0 Å². The van der Waals surface area contributed by atoms with Gasteiger partial charge in [0.1, 0.15) is 5.75 Å². The highest BCUT2D eigenvalue weighted by molar-refractivity contribution is 9.10. The van der Waals surface area contributed by atoms with Gasteiger partial charge in [-0.2, -0.15) is 5.10 Å². The number of amides is 1. The first-order valence-corrected chi connectivity index (χ1v) is 8.91. The highest BCUT2D eigenvalue weighted by Crippen LogP contribution is 2.25. The zero-order valence-electron chi connectivity index (χ0n) is 14.5. The Morgan fingerprint density at radius 1 is 1.25 bits per heavy atom. The van der Waals surface area contributed by atoms with Crippen molar-refractivity contribution in [1.82, 2.24) is 15.5 Å². The van der Waals surface area contributed by atoms with Crippen LogP contribution < -0.4 is 10.1 Å². The van der Waals surface area contributed by atoms with E-state index in [9.17, 15) is 4.79 Å². The normalized spacial score (nSPS) is 11.1. The minimum atomic E-state index is -0.204. The van der Waals surface area contributed by atoms with Crippen LogP contribution in [-0.2, 0) is 6.54 Å². The average Bonchev–Trinajstić information content (AvgIpc) is 2.93. The zero-order chi connectivity index (χ0) is 17.7. The topological polar surface area (TPSA) is 67.0 Å². The number of benzene rings is 1. The molecule has 5 nitrogen and oxygen atoms in total. The first-order valence-electron chi connectivity index (χ1n) is 8.12. The number of nitrogens with one attached hydrogen (secondary N) is 2. The van der Waals surface area contributed by atoms with Crippen LogP contribution in [0.3, 0.4) is 0 Å². The van der Waals surface area contributed by atoms with E-state index < -0.39 is 0 Å². The van der Waals surface area contributed by atoms with E-state index in [-0.39, 0.29) is 11.8 Å². The van der Waals surface area contributed by atoms with Crippen LogP contribution >= 0.6 is 15.9 Å². The van der Waals surface area contributed by atoms with Gasteiger partial charge in [-0.3, -0.25) is 9.89 Å². The fraction of sp³-hybridized carbons (Fsp3) is 0.444. The second kappa shape index (κ2) is 8.33. The summed E-state index contributed by atoms with van der Waals surface area (Å²) in [5.74, 6) is 1.40. The van der Waals surface area contributed by atoms with Gasteiger partial charge in [0.05, 0.1) is 16.8 Å². The summed E-state index contributed by atoms with van der Waals surface area (Å²) in [7, 11) is 0. The van der Waals surface area contributed by atoms with E-state index in [1.165, 1.54) is 0 Å². The largest absolute Gasteiger partial charge is 0.493 e. The Labute approximate surface area is 151 Å². The van der Waals surface area contributed by atoms with Crippen molar-refractivity contribution < 1.29 is 9.53 Å². The lowest BCUT2D eigenvalue weighted by atomic mass is 10.1. The Hall–Kier alpha value is -1.82. The zero-order valence-corrected chi connectivity index (χ0v) is 16.1. The van der Waals surface area contributed by atoms with Crippen LogP contribution in [0.25, 0.3) is 0 Å². The van der Waals surface area contributed by atoms with E-state index in [4.69, 9.17) is 4.74 Å². The van der Waals surface area contributed by atoms with Crippen molar-refractivity contribution >= 4 is 21.8 Å². The summed E-state index contributed by atoms with van der Waals surface area (Å²) in [4.78, 5) is 12.3. The van der Waals surface area contributed by atoms with Gasteiger partial charge >= 0.3 is 0 Å². The monoisotopic (exact) mass is 393 g/mol. The first kappa shape index (κ1) is 18.5. The molecule has 1 heterocycles. The first-order chi connectivity index (χ1) is 11.4. The van der Waals surface area contributed by atoms with Crippen LogP contribution in [-0.4, -0.2) is 22.7 Å². The number of aromatic amines is 1. The fourth-order valence-electron chi connectivity index (χ4n) is 2.11. The minimum Gasteiger partial charge on any atom is -0.493 e. The van der Waals surface area contributed by atoms with Gasteiger partial charge in [-0.25, -0.2) is 0 Å². The lowest BCUT2D eigenvalue weighted by molar-refractivity contribution is 0.0945. The van der Waals surface area contributed by atoms with Crippen LogP contribution in [0.5, 0.6) is 5.75 Å². The van der Waals surface area contributed by atoms with Crippen molar-refractivity contribution in [2.75, 3.05) is 6.61 Å². The number of nitrogens with zero attached hydrogens (tertiary/aromatic N) is 1. The van der Waals surface area contributed by atoms with Gasteiger partial charge in [-0.15, -0.1) is 0 Å². The molecule has 130 valence electrons. The van der Waals surface area contributed by atoms with Gasteiger partial charge in [-0.05, 0) is 45.5 Å². The summed E-state index contributed by atoms with van der Waals surface area (Å²) < 4.78 is 6.38. The summed E-state index contributed by atoms with van der Waals surface area (Å²) in [6.07, 6.45) is 0. The summed E-state index contributed by atoms with van der Waals surface area (Å²) in [5.41, 5.74) is 2.32. The Kier molecular flexibility index (Phi) is 6.43. The standard InChI is InChI=1S/C18H24BrN3O2/c1-11(2)10-24-14-7-5-13(6-8-14)9-20-18(23)17-15(19)16(12(3)4)21-22-17/h5-8,11-12H,9-10H2,1-4H3,(H,20,23)(H,21,22). The number of rotatable bonds is 7. The molecule has 0 radical (unpaired) electrons. The second-order valence-electron chi connectivity index (χ2n) is 6.49. The van der Waals surface area contributed by atoms with Gasteiger partial charge in [0, 0.05) is 6.54 Å². The Morgan fingerprint density at radius 2 is 1.92 bits per heavy atom. The number of halogens is 1. The van der Waals surface area contributed by atoms with Gasteiger partial charge in [0.25, 0.3) is 5.91 Å². The molecule has 0 spiro atoms. The second-order valence-corrected chi connectivity index (χ2v) is 7.28. The number of H-pyrrole nitrogens is 1. The molecule has 0 unspecified atom stereocenters. The van der Waals surface area contributed by atoms with Crippen molar-refractivity contribution in [3.8, 4) is 5.75 Å². The molecule has 2 rings (SSSR count). The van der Waals surface area contributed by atoms with Crippen molar-refractivity contribution in [2.45, 2.75) is 40.2 Å². The Balaban J connectivity index is 1.92. The molecule has 24 heavy (non-hydrogen) atoms. The molecular weight excluding hydrogens is 370 g/mol. The van der Waals surface area contributed by atoms with Crippen molar-refractivity contribution in [2.24, 2.45) is 5.92 Å². The molecule has 1 aromatic carbocycles. The summed E-state index contributed by atoms with van der Waals surface area (Å²) in [6.45, 7) is 9.45. The molecule has 2 aromatic rings. The molecule has 0 fully saturated rings. The van der Waals surface area contributed by atoms with Crippen molar-refractivity contribution in [3.05, 3.63) is 45.7 Å². The van der Waals surface area contributed by atoms with Crippen molar-refractivity contribution in [3.63, 3.8) is 0 Å². The van der Waals surface area contributed by atoms with E-state index in [0.29, 0.717) is 24.8 Å². The molecule has 0 atom stereocenters. The number of hydrogen-bond acceptors (Lipinski definition) is 3. The maximum Gasteiger partial charge on any atom is 0.273 e. The average molecular weight is 394 g/mol.